The fraction of sp³-hybridized carbons (Fsp3) is 0.429. The number of non-ortho nitro benzene ring substituents is 1. The Morgan fingerprint density at radius 3 is 2.81 bits per heavy atom. The first kappa shape index (κ1) is 15.7. The molecule has 2 aromatic rings. The number of nitrogens with zero attached hydrogens (tertiary/aromatic N) is 1. The van der Waals surface area contributed by atoms with Crippen molar-refractivity contribution in [3.8, 4) is 5.75 Å². The fourth-order valence-corrected chi connectivity index (χ4v) is 5.75. The van der Waals surface area contributed by atoms with Crippen LogP contribution in [-0.2, 0) is 0 Å². The van der Waals surface area contributed by atoms with E-state index in [1.54, 1.807) is 13.2 Å². The maximum Gasteiger partial charge on any atom is 0.269 e. The topological polar surface area (TPSA) is 64.4 Å². The fourth-order valence-electron chi connectivity index (χ4n) is 5.75. The molecule has 0 amide bonds. The van der Waals surface area contributed by atoms with Gasteiger partial charge in [0.25, 0.3) is 5.69 Å². The number of hydrogen-bond donors (Lipinski definition) is 1. The highest BCUT2D eigenvalue weighted by atomic mass is 16.6. The summed E-state index contributed by atoms with van der Waals surface area (Å²) in [6, 6.07) is 13.9. The van der Waals surface area contributed by atoms with Gasteiger partial charge in [0, 0.05) is 17.8 Å². The Bertz CT molecular complexity index is 881. The summed E-state index contributed by atoms with van der Waals surface area (Å²) < 4.78 is 5.43. The van der Waals surface area contributed by atoms with Gasteiger partial charge in [0.05, 0.1) is 18.1 Å². The van der Waals surface area contributed by atoms with Crippen molar-refractivity contribution in [1.29, 1.82) is 0 Å². The molecule has 0 spiro atoms. The first-order chi connectivity index (χ1) is 12.7. The van der Waals surface area contributed by atoms with E-state index in [0.717, 1.165) is 17.0 Å². The average Bonchev–Trinajstić information content (AvgIpc) is 3.29. The zero-order valence-corrected chi connectivity index (χ0v) is 14.7. The quantitative estimate of drug-likeness (QED) is 0.632. The summed E-state index contributed by atoms with van der Waals surface area (Å²) in [6.45, 7) is 0. The molecular weight excluding hydrogens is 328 g/mol. The molecule has 1 heterocycles. The zero-order valence-electron chi connectivity index (χ0n) is 14.7. The van der Waals surface area contributed by atoms with Crippen LogP contribution in [0.1, 0.15) is 42.3 Å². The van der Waals surface area contributed by atoms with Gasteiger partial charge in [0.15, 0.2) is 0 Å². The summed E-state index contributed by atoms with van der Waals surface area (Å²) in [7, 11) is 1.70. The van der Waals surface area contributed by atoms with E-state index in [9.17, 15) is 10.1 Å². The molecule has 134 valence electrons. The molecular formula is C21H22N2O3. The van der Waals surface area contributed by atoms with Gasteiger partial charge >= 0.3 is 0 Å². The predicted octanol–water partition coefficient (Wildman–Crippen LogP) is 4.90. The summed E-state index contributed by atoms with van der Waals surface area (Å²) >= 11 is 0. The van der Waals surface area contributed by atoms with Crippen LogP contribution >= 0.6 is 0 Å². The Labute approximate surface area is 152 Å². The Hall–Kier alpha value is -2.56. The standard InChI is InChI=1S/C21H22N2O3/c1-26-16-4-2-3-14(10-16)21-20-13-6-5-12(9-13)19(20)17-11-15(23(24)25)7-8-18(17)22-21/h2-4,7-8,10-13,19-22H,5-6,9H2,1H3/t12-,13-,19-,20+,21-/m0/s1. The third-order valence-electron chi connectivity index (χ3n) is 6.73. The maximum absolute atomic E-state index is 11.3. The molecule has 3 aliphatic rings. The molecule has 0 saturated heterocycles. The van der Waals surface area contributed by atoms with Crippen LogP contribution in [0.25, 0.3) is 0 Å². The summed E-state index contributed by atoms with van der Waals surface area (Å²) in [5, 5.41) is 15.0. The molecule has 2 aromatic carbocycles. The Balaban J connectivity index is 1.62. The number of nitrogens with one attached hydrogen (secondary N) is 1. The van der Waals surface area contributed by atoms with Crippen molar-refractivity contribution in [2.75, 3.05) is 12.4 Å². The molecule has 2 fully saturated rings. The molecule has 0 aromatic heterocycles. The van der Waals surface area contributed by atoms with E-state index in [1.807, 2.05) is 24.3 Å². The van der Waals surface area contributed by atoms with Gasteiger partial charge in [-0.25, -0.2) is 0 Å². The molecule has 0 unspecified atom stereocenters. The third-order valence-corrected chi connectivity index (χ3v) is 6.73. The number of benzene rings is 2. The highest BCUT2D eigenvalue weighted by molar-refractivity contribution is 5.62. The van der Waals surface area contributed by atoms with Crippen LogP contribution in [0.3, 0.4) is 0 Å². The minimum absolute atomic E-state index is 0.201. The Morgan fingerprint density at radius 1 is 1.15 bits per heavy atom. The summed E-state index contributed by atoms with van der Waals surface area (Å²) in [4.78, 5) is 11.0. The first-order valence-corrected chi connectivity index (χ1v) is 9.34. The maximum atomic E-state index is 11.3. The smallest absolute Gasteiger partial charge is 0.269 e. The highest BCUT2D eigenvalue weighted by Crippen LogP contribution is 2.64. The van der Waals surface area contributed by atoms with E-state index in [1.165, 1.54) is 24.8 Å². The molecule has 2 bridgehead atoms. The summed E-state index contributed by atoms with van der Waals surface area (Å²) in [6.07, 6.45) is 3.77. The van der Waals surface area contributed by atoms with Crippen LogP contribution < -0.4 is 10.1 Å². The minimum Gasteiger partial charge on any atom is -0.497 e. The summed E-state index contributed by atoms with van der Waals surface area (Å²) in [5.74, 6) is 3.14. The van der Waals surface area contributed by atoms with Crippen LogP contribution in [0.4, 0.5) is 11.4 Å². The second kappa shape index (κ2) is 5.73. The SMILES string of the molecule is COc1cccc([C@@H]2Nc3ccc([N+](=O)[O-])cc3[C@@H]3[C@H]4CC[C@@H](C4)[C@H]32)c1. The molecule has 2 saturated carbocycles. The molecule has 2 aliphatic carbocycles. The van der Waals surface area contributed by atoms with E-state index in [4.69, 9.17) is 4.74 Å². The van der Waals surface area contributed by atoms with Gasteiger partial charge in [-0.2, -0.15) is 0 Å². The zero-order chi connectivity index (χ0) is 17.8. The number of ether oxygens (including phenoxy) is 1. The van der Waals surface area contributed by atoms with Gasteiger partial charge in [0.2, 0.25) is 0 Å². The number of nitro benzene ring substituents is 1. The van der Waals surface area contributed by atoms with E-state index in [2.05, 4.69) is 17.4 Å². The van der Waals surface area contributed by atoms with Crippen molar-refractivity contribution in [2.45, 2.75) is 31.2 Å². The van der Waals surface area contributed by atoms with Gasteiger partial charge in [-0.3, -0.25) is 10.1 Å². The molecule has 5 atom stereocenters. The lowest BCUT2D eigenvalue weighted by Gasteiger charge is -2.43. The average molecular weight is 350 g/mol. The molecule has 1 N–H and O–H groups in total. The number of anilines is 1. The van der Waals surface area contributed by atoms with E-state index in [-0.39, 0.29) is 16.7 Å². The van der Waals surface area contributed by atoms with Crippen LogP contribution in [0.5, 0.6) is 5.75 Å². The van der Waals surface area contributed by atoms with Crippen molar-refractivity contribution >= 4 is 11.4 Å². The number of nitro groups is 1. The number of fused-ring (bicyclic) bond motifs is 7. The monoisotopic (exact) mass is 350 g/mol. The van der Waals surface area contributed by atoms with Crippen molar-refractivity contribution in [3.63, 3.8) is 0 Å². The van der Waals surface area contributed by atoms with Crippen LogP contribution in [0.15, 0.2) is 42.5 Å². The normalized spacial score (nSPS) is 31.0. The number of rotatable bonds is 3. The van der Waals surface area contributed by atoms with E-state index >= 15 is 0 Å². The summed E-state index contributed by atoms with van der Waals surface area (Å²) in [5.41, 5.74) is 3.65. The largest absolute Gasteiger partial charge is 0.497 e. The molecule has 1 aliphatic heterocycles. The molecule has 5 nitrogen and oxygen atoms in total. The van der Waals surface area contributed by atoms with Crippen LogP contribution in [0.2, 0.25) is 0 Å². The minimum atomic E-state index is -0.281. The molecule has 5 rings (SSSR count). The first-order valence-electron chi connectivity index (χ1n) is 9.34. The van der Waals surface area contributed by atoms with Gasteiger partial charge < -0.3 is 10.1 Å². The third kappa shape index (κ3) is 2.23. The molecule has 5 heteroatoms. The van der Waals surface area contributed by atoms with E-state index in [0.29, 0.717) is 23.7 Å². The van der Waals surface area contributed by atoms with Gasteiger partial charge in [0.1, 0.15) is 5.75 Å². The second-order valence-corrected chi connectivity index (χ2v) is 7.86. The van der Waals surface area contributed by atoms with Crippen molar-refractivity contribution in [2.24, 2.45) is 17.8 Å². The van der Waals surface area contributed by atoms with Gasteiger partial charge in [-0.1, -0.05) is 12.1 Å². The lowest BCUT2D eigenvalue weighted by molar-refractivity contribution is -0.384. The van der Waals surface area contributed by atoms with E-state index < -0.39 is 0 Å². The van der Waals surface area contributed by atoms with Crippen molar-refractivity contribution in [3.05, 3.63) is 63.7 Å². The molecule has 0 radical (unpaired) electrons. The van der Waals surface area contributed by atoms with Gasteiger partial charge in [-0.15, -0.1) is 0 Å². The highest BCUT2D eigenvalue weighted by Gasteiger charge is 2.54. The van der Waals surface area contributed by atoms with Crippen molar-refractivity contribution < 1.29 is 9.66 Å². The lowest BCUT2D eigenvalue weighted by atomic mass is 9.68. The number of hydrogen-bond acceptors (Lipinski definition) is 4. The van der Waals surface area contributed by atoms with Crippen LogP contribution in [-0.4, -0.2) is 12.0 Å². The predicted molar refractivity (Wildman–Crippen MR) is 99.5 cm³/mol. The van der Waals surface area contributed by atoms with Crippen molar-refractivity contribution in [1.82, 2.24) is 0 Å². The van der Waals surface area contributed by atoms with Crippen LogP contribution in [0, 0.1) is 27.9 Å². The Kier molecular flexibility index (Phi) is 3.45. The second-order valence-electron chi connectivity index (χ2n) is 7.86. The molecule has 26 heavy (non-hydrogen) atoms. The van der Waals surface area contributed by atoms with Gasteiger partial charge in [-0.05, 0) is 72.3 Å². The Morgan fingerprint density at radius 2 is 2.00 bits per heavy atom. The lowest BCUT2D eigenvalue weighted by Crippen LogP contribution is -2.35. The number of methoxy groups -OCH3 is 1.